The van der Waals surface area contributed by atoms with Crippen molar-refractivity contribution >= 4 is 39.8 Å². The van der Waals surface area contributed by atoms with E-state index < -0.39 is 34.5 Å². The first-order valence-electron chi connectivity index (χ1n) is 14.4. The molecule has 0 aliphatic carbocycles. The Labute approximate surface area is 260 Å². The Morgan fingerprint density at radius 2 is 0.933 bits per heavy atom. The molecule has 0 aliphatic heterocycles. The minimum Gasteiger partial charge on any atom is -0.507 e. The van der Waals surface area contributed by atoms with Gasteiger partial charge in [0.1, 0.15) is 11.5 Å². The van der Waals surface area contributed by atoms with E-state index in [0.717, 1.165) is 5.69 Å². The van der Waals surface area contributed by atoms with Crippen LogP contribution in [0, 0.1) is 13.8 Å². The van der Waals surface area contributed by atoms with E-state index >= 15 is 0 Å². The molecule has 0 aromatic heterocycles. The molecule has 5 aromatic carbocycles. The molecule has 0 aliphatic rings. The first kappa shape index (κ1) is 32.5. The lowest BCUT2D eigenvalue weighted by Gasteiger charge is -2.23. The maximum absolute atomic E-state index is 12.0. The third-order valence-corrected chi connectivity index (χ3v) is 8.02. The summed E-state index contributed by atoms with van der Waals surface area (Å²) in [5.41, 5.74) is 7.51. The first-order valence-corrected chi connectivity index (χ1v) is 14.4. The average Bonchev–Trinajstić information content (AvgIpc) is 2.97. The van der Waals surface area contributed by atoms with Crippen molar-refractivity contribution in [2.24, 2.45) is 0 Å². The molecule has 8 N–H and O–H groups in total. The number of benzene rings is 5. The number of rotatable bonds is 5. The van der Waals surface area contributed by atoms with E-state index in [2.05, 4.69) is 0 Å². The second-order valence-corrected chi connectivity index (χ2v) is 11.7. The highest BCUT2D eigenvalue weighted by molar-refractivity contribution is 6.14. The number of fused-ring (bicyclic) bond motifs is 2. The van der Waals surface area contributed by atoms with Crippen LogP contribution in [0.1, 0.15) is 82.5 Å². The van der Waals surface area contributed by atoms with Gasteiger partial charge < -0.3 is 36.4 Å². The van der Waals surface area contributed by atoms with Gasteiger partial charge in [-0.05, 0) is 59.7 Å². The lowest BCUT2D eigenvalue weighted by molar-refractivity contribution is 0.111. The van der Waals surface area contributed by atoms with Crippen molar-refractivity contribution < 1.29 is 40.2 Å². The third-order valence-electron chi connectivity index (χ3n) is 8.02. The van der Waals surface area contributed by atoms with Gasteiger partial charge in [-0.3, -0.25) is 9.59 Å². The van der Waals surface area contributed by atoms with E-state index in [1.165, 1.54) is 0 Å². The summed E-state index contributed by atoms with van der Waals surface area (Å²) < 4.78 is 0. The molecule has 0 atom stereocenters. The van der Waals surface area contributed by atoms with Crippen LogP contribution in [0.3, 0.4) is 0 Å². The number of phenolic OH excluding ortho intramolecular Hbond substituents is 6. The van der Waals surface area contributed by atoms with Gasteiger partial charge in [0.2, 0.25) is 0 Å². The Morgan fingerprint density at radius 1 is 0.578 bits per heavy atom. The summed E-state index contributed by atoms with van der Waals surface area (Å²) >= 11 is 0. The maximum Gasteiger partial charge on any atom is 0.169 e. The monoisotopic (exact) mass is 611 g/mol. The van der Waals surface area contributed by atoms with Crippen LogP contribution < -0.4 is 5.73 Å². The van der Waals surface area contributed by atoms with Gasteiger partial charge in [0, 0.05) is 38.7 Å². The van der Waals surface area contributed by atoms with Crippen molar-refractivity contribution in [3.63, 3.8) is 0 Å². The highest BCUT2D eigenvalue weighted by Gasteiger charge is 2.29. The SMILES string of the molecule is Cc1cc2c(C(C)C)c(O)c(O)c(C=O)c2c(O)c1-c1c(C)cc2c(C(C)C)c(O)c(O)c(C=O)c2c1O.Nc1ccccc1. The molecule has 0 amide bonds. The molecule has 0 saturated heterocycles. The van der Waals surface area contributed by atoms with Crippen molar-refractivity contribution in [3.05, 3.63) is 75.8 Å². The summed E-state index contributed by atoms with van der Waals surface area (Å²) in [6, 6.07) is 12.8. The standard InChI is InChI=1S/C30H30O8.C6H7N/c1-11(2)19-15-7-13(5)21(27(35)23(15)17(9-31)25(33)29(19)37)22-14(6)8-16-20(12(3)4)30(38)26(34)18(10-32)24(16)28(22)36;7-6-4-2-1-3-5-6/h7-12,33-38H,1-6H3;1-5H,7H2. The fraction of sp³-hybridized carbons (Fsp3) is 0.222. The van der Waals surface area contributed by atoms with E-state index in [9.17, 15) is 40.2 Å². The molecule has 0 bridgehead atoms. The van der Waals surface area contributed by atoms with Crippen molar-refractivity contribution in [2.45, 2.75) is 53.4 Å². The van der Waals surface area contributed by atoms with E-state index in [1.807, 2.05) is 30.3 Å². The predicted octanol–water partition coefficient (Wildman–Crippen LogP) is 7.65. The zero-order valence-electron chi connectivity index (χ0n) is 25.9. The number of aryl methyl sites for hydroxylation is 2. The number of nitrogens with two attached hydrogens (primary N) is 1. The molecular formula is C36H37NO8. The average molecular weight is 612 g/mol. The van der Waals surface area contributed by atoms with Crippen molar-refractivity contribution in [3.8, 4) is 45.6 Å². The molecule has 45 heavy (non-hydrogen) atoms. The number of nitrogen functional groups attached to an aromatic ring is 1. The largest absolute Gasteiger partial charge is 0.507 e. The van der Waals surface area contributed by atoms with E-state index in [4.69, 9.17) is 5.73 Å². The Hall–Kier alpha value is -5.44. The smallest absolute Gasteiger partial charge is 0.169 e. The van der Waals surface area contributed by atoms with E-state index in [-0.39, 0.29) is 44.9 Å². The zero-order chi connectivity index (χ0) is 33.5. The summed E-state index contributed by atoms with van der Waals surface area (Å²) in [6.07, 6.45) is 0.682. The maximum atomic E-state index is 12.0. The molecule has 9 heteroatoms. The minimum absolute atomic E-state index is 0.00512. The second-order valence-electron chi connectivity index (χ2n) is 11.7. The molecule has 0 radical (unpaired) electrons. The van der Waals surface area contributed by atoms with Crippen molar-refractivity contribution in [1.82, 2.24) is 0 Å². The lowest BCUT2D eigenvalue weighted by atomic mass is 9.83. The Kier molecular flexibility index (Phi) is 8.86. The number of anilines is 1. The molecule has 0 fully saturated rings. The quantitative estimate of drug-likeness (QED) is 0.0596. The molecule has 0 saturated carbocycles. The number of aromatic hydroxyl groups is 6. The van der Waals surface area contributed by atoms with E-state index in [1.54, 1.807) is 53.7 Å². The molecule has 9 nitrogen and oxygen atoms in total. The van der Waals surface area contributed by atoms with Crippen LogP contribution in [0.5, 0.6) is 34.5 Å². The van der Waals surface area contributed by atoms with Crippen molar-refractivity contribution in [1.29, 1.82) is 0 Å². The number of hydrogen-bond donors (Lipinski definition) is 7. The van der Waals surface area contributed by atoms with Crippen LogP contribution in [0.15, 0.2) is 42.5 Å². The van der Waals surface area contributed by atoms with Gasteiger partial charge in [0.25, 0.3) is 0 Å². The number of aldehydes is 2. The van der Waals surface area contributed by atoms with Crippen LogP contribution in [0.4, 0.5) is 5.69 Å². The topological polar surface area (TPSA) is 182 Å². The molecule has 5 rings (SSSR count). The highest BCUT2D eigenvalue weighted by atomic mass is 16.3. The predicted molar refractivity (Wildman–Crippen MR) is 176 cm³/mol. The molecule has 0 unspecified atom stereocenters. The minimum atomic E-state index is -0.661. The van der Waals surface area contributed by atoms with Gasteiger partial charge in [0.15, 0.2) is 35.6 Å². The van der Waals surface area contributed by atoms with Crippen molar-refractivity contribution in [2.75, 3.05) is 5.73 Å². The molecular weight excluding hydrogens is 574 g/mol. The summed E-state index contributed by atoms with van der Waals surface area (Å²) in [4.78, 5) is 24.0. The van der Waals surface area contributed by atoms with Gasteiger partial charge in [-0.15, -0.1) is 0 Å². The summed E-state index contributed by atoms with van der Waals surface area (Å²) in [5, 5.41) is 66.4. The highest BCUT2D eigenvalue weighted by Crippen LogP contribution is 2.54. The van der Waals surface area contributed by atoms with Crippen LogP contribution in [0.2, 0.25) is 0 Å². The lowest BCUT2D eigenvalue weighted by Crippen LogP contribution is -2.01. The number of carbonyl (C=O) groups is 2. The van der Waals surface area contributed by atoms with Gasteiger partial charge >= 0.3 is 0 Å². The first-order chi connectivity index (χ1) is 21.2. The zero-order valence-corrected chi connectivity index (χ0v) is 25.9. The van der Waals surface area contributed by atoms with Crippen LogP contribution >= 0.6 is 0 Å². The Balaban J connectivity index is 0.000000580. The third kappa shape index (κ3) is 5.31. The Morgan fingerprint density at radius 3 is 1.20 bits per heavy atom. The molecule has 5 aromatic rings. The fourth-order valence-corrected chi connectivity index (χ4v) is 6.06. The summed E-state index contributed by atoms with van der Waals surface area (Å²) in [7, 11) is 0. The van der Waals surface area contributed by atoms with Gasteiger partial charge in [-0.25, -0.2) is 0 Å². The molecule has 234 valence electrons. The summed E-state index contributed by atoms with van der Waals surface area (Å²) in [6.45, 7) is 10.5. The fourth-order valence-electron chi connectivity index (χ4n) is 6.06. The number of hydrogen-bond acceptors (Lipinski definition) is 9. The van der Waals surface area contributed by atoms with Gasteiger partial charge in [-0.1, -0.05) is 58.0 Å². The molecule has 0 spiro atoms. The van der Waals surface area contributed by atoms with Gasteiger partial charge in [0.05, 0.1) is 11.1 Å². The molecule has 0 heterocycles. The van der Waals surface area contributed by atoms with Crippen LogP contribution in [-0.2, 0) is 0 Å². The Bertz CT molecular complexity index is 1850. The number of carbonyl (C=O) groups excluding carboxylic acids is 2. The number of phenols is 6. The summed E-state index contributed by atoms with van der Waals surface area (Å²) in [5.74, 6) is -3.57. The van der Waals surface area contributed by atoms with Gasteiger partial charge in [-0.2, -0.15) is 0 Å². The van der Waals surface area contributed by atoms with Crippen LogP contribution in [-0.4, -0.2) is 43.2 Å². The van der Waals surface area contributed by atoms with E-state index in [0.29, 0.717) is 45.6 Å². The van der Waals surface area contributed by atoms with Crippen LogP contribution in [0.25, 0.3) is 32.7 Å². The number of para-hydroxylation sites is 1. The normalized spacial score (nSPS) is 11.2. The second kappa shape index (κ2) is 12.3.